The van der Waals surface area contributed by atoms with E-state index in [2.05, 4.69) is 16.7 Å². The van der Waals surface area contributed by atoms with Gasteiger partial charge in [0, 0.05) is 18.2 Å². The summed E-state index contributed by atoms with van der Waals surface area (Å²) in [5.74, 6) is -0.428. The molecule has 3 N–H and O–H groups in total. The fourth-order valence-corrected chi connectivity index (χ4v) is 4.93. The van der Waals surface area contributed by atoms with E-state index < -0.39 is 18.1 Å². The summed E-state index contributed by atoms with van der Waals surface area (Å²) in [7, 11) is 1.66. The van der Waals surface area contributed by atoms with Gasteiger partial charge in [-0.2, -0.15) is 0 Å². The summed E-state index contributed by atoms with van der Waals surface area (Å²) in [5.41, 5.74) is 2.99. The number of amides is 1. The SMILES string of the molecule is Cc1cc(C)n(C)c(=O)c1C(=O)N[C@@H]1c2ccccc2C2(CCNCC2)[C@H]1O. The van der Waals surface area contributed by atoms with Crippen molar-refractivity contribution >= 4 is 5.91 Å². The molecule has 0 radical (unpaired) electrons. The van der Waals surface area contributed by atoms with Crippen molar-refractivity contribution < 1.29 is 9.90 Å². The first-order chi connectivity index (χ1) is 13.4. The summed E-state index contributed by atoms with van der Waals surface area (Å²) in [6.45, 7) is 5.29. The van der Waals surface area contributed by atoms with Crippen molar-refractivity contribution in [3.63, 3.8) is 0 Å². The molecule has 1 fully saturated rings. The summed E-state index contributed by atoms with van der Waals surface area (Å²) in [5, 5.41) is 17.6. The summed E-state index contributed by atoms with van der Waals surface area (Å²) in [6, 6.07) is 9.27. The van der Waals surface area contributed by atoms with E-state index in [1.807, 2.05) is 31.2 Å². The van der Waals surface area contributed by atoms with Crippen LogP contribution in [0.1, 0.15) is 51.6 Å². The molecule has 1 aliphatic carbocycles. The Kier molecular flexibility index (Phi) is 4.63. The molecule has 0 saturated carbocycles. The lowest BCUT2D eigenvalue weighted by molar-refractivity contribution is 0.0417. The maximum atomic E-state index is 13.1. The standard InChI is InChI=1S/C22H27N3O3/c1-13-12-14(2)25(3)21(28)17(13)20(27)24-18-15-6-4-5-7-16(15)22(19(18)26)8-10-23-11-9-22/h4-7,12,18-19,23,26H,8-11H2,1-3H3,(H,24,27)/t18-,19+/m1/s1. The lowest BCUT2D eigenvalue weighted by atomic mass is 9.72. The lowest BCUT2D eigenvalue weighted by Crippen LogP contribution is -2.49. The molecule has 1 aliphatic heterocycles. The highest BCUT2D eigenvalue weighted by Gasteiger charge is 2.52. The minimum Gasteiger partial charge on any atom is -0.390 e. The third-order valence-corrected chi connectivity index (χ3v) is 6.59. The molecule has 0 unspecified atom stereocenters. The maximum Gasteiger partial charge on any atom is 0.263 e. The Bertz CT molecular complexity index is 989. The maximum absolute atomic E-state index is 13.1. The third kappa shape index (κ3) is 2.71. The van der Waals surface area contributed by atoms with Crippen molar-refractivity contribution in [2.75, 3.05) is 13.1 Å². The Morgan fingerprint density at radius 1 is 1.25 bits per heavy atom. The first-order valence-electron chi connectivity index (χ1n) is 9.83. The molecule has 2 atom stereocenters. The highest BCUT2D eigenvalue weighted by atomic mass is 16.3. The summed E-state index contributed by atoms with van der Waals surface area (Å²) in [6.07, 6.45) is 0.928. The van der Waals surface area contributed by atoms with Crippen molar-refractivity contribution in [1.82, 2.24) is 15.2 Å². The first kappa shape index (κ1) is 18.9. The molecular weight excluding hydrogens is 354 g/mol. The van der Waals surface area contributed by atoms with Crippen LogP contribution in [0.2, 0.25) is 0 Å². The number of aromatic nitrogens is 1. The molecule has 1 spiro atoms. The predicted octanol–water partition coefficient (Wildman–Crippen LogP) is 1.47. The Balaban J connectivity index is 1.72. The topological polar surface area (TPSA) is 83.4 Å². The molecule has 2 aromatic rings. The van der Waals surface area contributed by atoms with E-state index in [-0.39, 0.29) is 16.5 Å². The first-order valence-corrected chi connectivity index (χ1v) is 9.83. The molecule has 1 aromatic heterocycles. The van der Waals surface area contributed by atoms with Gasteiger partial charge >= 0.3 is 0 Å². The highest BCUT2D eigenvalue weighted by molar-refractivity contribution is 5.95. The van der Waals surface area contributed by atoms with Crippen LogP contribution in [-0.2, 0) is 12.5 Å². The molecule has 6 nitrogen and oxygen atoms in total. The fraction of sp³-hybridized carbons (Fsp3) is 0.455. The van der Waals surface area contributed by atoms with Gasteiger partial charge in [0.2, 0.25) is 0 Å². The molecule has 1 saturated heterocycles. The number of hydrogen-bond donors (Lipinski definition) is 3. The number of aryl methyl sites for hydroxylation is 2. The monoisotopic (exact) mass is 381 g/mol. The molecule has 2 aliphatic rings. The molecule has 28 heavy (non-hydrogen) atoms. The van der Waals surface area contributed by atoms with Crippen LogP contribution in [0.5, 0.6) is 0 Å². The van der Waals surface area contributed by atoms with Crippen LogP contribution in [0.15, 0.2) is 35.1 Å². The number of carbonyl (C=O) groups is 1. The zero-order valence-electron chi connectivity index (χ0n) is 16.6. The van der Waals surface area contributed by atoms with Gasteiger partial charge in [-0.25, -0.2) is 0 Å². The van der Waals surface area contributed by atoms with E-state index in [4.69, 9.17) is 0 Å². The predicted molar refractivity (Wildman–Crippen MR) is 108 cm³/mol. The second-order valence-electron chi connectivity index (χ2n) is 8.10. The van der Waals surface area contributed by atoms with Gasteiger partial charge < -0.3 is 20.3 Å². The smallest absolute Gasteiger partial charge is 0.263 e. The number of benzene rings is 1. The zero-order chi connectivity index (χ0) is 20.1. The molecule has 1 aromatic carbocycles. The van der Waals surface area contributed by atoms with Crippen molar-refractivity contribution in [1.29, 1.82) is 0 Å². The Labute approximate surface area is 164 Å². The van der Waals surface area contributed by atoms with Gasteiger partial charge in [0.05, 0.1) is 12.1 Å². The van der Waals surface area contributed by atoms with Crippen LogP contribution in [0.4, 0.5) is 0 Å². The third-order valence-electron chi connectivity index (χ3n) is 6.59. The normalized spacial score (nSPS) is 22.9. The number of aliphatic hydroxyl groups is 1. The minimum absolute atomic E-state index is 0.143. The van der Waals surface area contributed by atoms with E-state index in [1.165, 1.54) is 4.57 Å². The second kappa shape index (κ2) is 6.87. The van der Waals surface area contributed by atoms with E-state index in [0.29, 0.717) is 5.56 Å². The quantitative estimate of drug-likeness (QED) is 0.736. The number of fused-ring (bicyclic) bond motifs is 2. The van der Waals surface area contributed by atoms with Crippen molar-refractivity contribution in [3.05, 3.63) is 68.6 Å². The zero-order valence-corrected chi connectivity index (χ0v) is 16.6. The lowest BCUT2D eigenvalue weighted by Gasteiger charge is -2.38. The number of aliphatic hydroxyl groups excluding tert-OH is 1. The molecule has 2 heterocycles. The molecule has 6 heteroatoms. The van der Waals surface area contributed by atoms with Crippen LogP contribution in [0.3, 0.4) is 0 Å². The van der Waals surface area contributed by atoms with E-state index in [9.17, 15) is 14.7 Å². The largest absolute Gasteiger partial charge is 0.390 e. The summed E-state index contributed by atoms with van der Waals surface area (Å²) < 4.78 is 1.48. The van der Waals surface area contributed by atoms with E-state index in [0.717, 1.165) is 42.8 Å². The summed E-state index contributed by atoms with van der Waals surface area (Å²) >= 11 is 0. The molecular formula is C22H27N3O3. The number of hydrogen-bond acceptors (Lipinski definition) is 4. The number of rotatable bonds is 2. The molecule has 0 bridgehead atoms. The van der Waals surface area contributed by atoms with Crippen molar-refractivity contribution in [2.24, 2.45) is 7.05 Å². The number of pyridine rings is 1. The van der Waals surface area contributed by atoms with Crippen LogP contribution >= 0.6 is 0 Å². The average Bonchev–Trinajstić information content (AvgIpc) is 2.90. The van der Waals surface area contributed by atoms with E-state index in [1.54, 1.807) is 14.0 Å². The average molecular weight is 381 g/mol. The van der Waals surface area contributed by atoms with Gasteiger partial charge in [-0.1, -0.05) is 24.3 Å². The highest BCUT2D eigenvalue weighted by Crippen LogP contribution is 2.50. The Hall–Kier alpha value is -2.44. The van der Waals surface area contributed by atoms with Gasteiger partial charge in [-0.3, -0.25) is 9.59 Å². The van der Waals surface area contributed by atoms with Gasteiger partial charge in [0.15, 0.2) is 0 Å². The van der Waals surface area contributed by atoms with Crippen molar-refractivity contribution in [2.45, 2.75) is 44.2 Å². The Morgan fingerprint density at radius 2 is 1.93 bits per heavy atom. The second-order valence-corrected chi connectivity index (χ2v) is 8.10. The molecule has 1 amide bonds. The van der Waals surface area contributed by atoms with Crippen molar-refractivity contribution in [3.8, 4) is 0 Å². The van der Waals surface area contributed by atoms with Crippen LogP contribution in [0, 0.1) is 13.8 Å². The van der Waals surface area contributed by atoms with Gasteiger partial charge in [0.1, 0.15) is 5.56 Å². The van der Waals surface area contributed by atoms with Gasteiger partial charge in [0.25, 0.3) is 11.5 Å². The van der Waals surface area contributed by atoms with Crippen LogP contribution < -0.4 is 16.2 Å². The van der Waals surface area contributed by atoms with Gasteiger partial charge in [-0.15, -0.1) is 0 Å². The number of nitrogens with zero attached hydrogens (tertiary/aromatic N) is 1. The Morgan fingerprint density at radius 3 is 2.64 bits per heavy atom. The number of piperidine rings is 1. The minimum atomic E-state index is -0.717. The van der Waals surface area contributed by atoms with Gasteiger partial charge in [-0.05, 0) is 62.5 Å². The molecule has 4 rings (SSSR count). The number of nitrogens with one attached hydrogen (secondary N) is 2. The van der Waals surface area contributed by atoms with Crippen LogP contribution in [0.25, 0.3) is 0 Å². The van der Waals surface area contributed by atoms with Crippen LogP contribution in [-0.4, -0.2) is 34.8 Å². The molecule has 148 valence electrons. The fourth-order valence-electron chi connectivity index (χ4n) is 4.93. The number of carbonyl (C=O) groups excluding carboxylic acids is 1. The summed E-state index contributed by atoms with van der Waals surface area (Å²) in [4.78, 5) is 25.8. The van der Waals surface area contributed by atoms with E-state index >= 15 is 0 Å².